The second-order valence-corrected chi connectivity index (χ2v) is 5.53. The molecule has 3 rings (SSSR count). The molecule has 116 valence electrons. The minimum atomic E-state index is -1.06. The lowest BCUT2D eigenvalue weighted by Gasteiger charge is -2.22. The molecule has 2 aromatic rings. The number of aliphatic hydroxyl groups excluding tert-OH is 1. The fourth-order valence-corrected chi connectivity index (χ4v) is 2.91. The van der Waals surface area contributed by atoms with Crippen LogP contribution in [0, 0.1) is 5.82 Å². The van der Waals surface area contributed by atoms with Crippen LogP contribution in [0.2, 0.25) is 0 Å². The number of nitrogens with zero attached hydrogens (tertiary/aromatic N) is 1. The number of carbonyl (C=O) groups excluding carboxylic acids is 1. The zero-order valence-corrected chi connectivity index (χ0v) is 12.1. The molecule has 6 heteroatoms. The highest BCUT2D eigenvalue weighted by atomic mass is 19.1. The maximum Gasteiger partial charge on any atom is 0.227 e. The van der Waals surface area contributed by atoms with E-state index in [4.69, 9.17) is 0 Å². The molecule has 3 N–H and O–H groups in total. The maximum absolute atomic E-state index is 13.6. The number of rotatable bonds is 4. The summed E-state index contributed by atoms with van der Waals surface area (Å²) in [6.45, 7) is -0.0105. The smallest absolute Gasteiger partial charge is 0.227 e. The second kappa shape index (κ2) is 6.27. The summed E-state index contributed by atoms with van der Waals surface area (Å²) in [5.41, 5.74) is 2.11. The number of benzene rings is 1. The first kappa shape index (κ1) is 14.7. The van der Waals surface area contributed by atoms with Crippen LogP contribution in [-0.2, 0) is 11.2 Å². The van der Waals surface area contributed by atoms with E-state index in [2.05, 4.69) is 15.5 Å². The monoisotopic (exact) mass is 303 g/mol. The molecule has 0 aliphatic heterocycles. The minimum absolute atomic E-state index is 0.0105. The van der Waals surface area contributed by atoms with Crippen LogP contribution in [0.25, 0.3) is 0 Å². The number of carbonyl (C=O) groups is 1. The van der Waals surface area contributed by atoms with Gasteiger partial charge in [-0.3, -0.25) is 9.89 Å². The van der Waals surface area contributed by atoms with Gasteiger partial charge in [0.2, 0.25) is 5.91 Å². The number of hydrogen-bond donors (Lipinski definition) is 3. The zero-order valence-electron chi connectivity index (χ0n) is 12.1. The van der Waals surface area contributed by atoms with Gasteiger partial charge in [0.1, 0.15) is 5.82 Å². The van der Waals surface area contributed by atoms with E-state index in [1.54, 1.807) is 18.3 Å². The molecule has 1 aromatic carbocycles. The van der Waals surface area contributed by atoms with Crippen molar-refractivity contribution in [3.63, 3.8) is 0 Å². The van der Waals surface area contributed by atoms with E-state index < -0.39 is 11.9 Å². The predicted molar refractivity (Wildman–Crippen MR) is 78.6 cm³/mol. The lowest BCUT2D eigenvalue weighted by Crippen LogP contribution is -2.34. The molecular formula is C16H18FN3O2. The topological polar surface area (TPSA) is 78.0 Å². The maximum atomic E-state index is 13.6. The van der Waals surface area contributed by atoms with Crippen molar-refractivity contribution >= 4 is 5.91 Å². The summed E-state index contributed by atoms with van der Waals surface area (Å²) in [6.07, 6.45) is 3.21. The number of aromatic amines is 1. The van der Waals surface area contributed by atoms with Crippen molar-refractivity contribution in [1.82, 2.24) is 15.5 Å². The summed E-state index contributed by atoms with van der Waals surface area (Å²) < 4.78 is 13.6. The van der Waals surface area contributed by atoms with Crippen LogP contribution in [0.15, 0.2) is 30.5 Å². The first-order valence-corrected chi connectivity index (χ1v) is 7.39. The Labute approximate surface area is 127 Å². The van der Waals surface area contributed by atoms with Gasteiger partial charge in [0.25, 0.3) is 0 Å². The molecule has 1 amide bonds. The van der Waals surface area contributed by atoms with Gasteiger partial charge in [-0.2, -0.15) is 5.10 Å². The summed E-state index contributed by atoms with van der Waals surface area (Å²) in [4.78, 5) is 12.3. The lowest BCUT2D eigenvalue weighted by atomic mass is 9.86. The number of fused-ring (bicyclic) bond motifs is 1. The number of halogens is 1. The van der Waals surface area contributed by atoms with Gasteiger partial charge in [-0.1, -0.05) is 18.2 Å². The number of hydrogen-bond acceptors (Lipinski definition) is 3. The molecule has 0 spiro atoms. The predicted octanol–water partition coefficient (Wildman–Crippen LogP) is 1.82. The van der Waals surface area contributed by atoms with Crippen molar-refractivity contribution in [2.75, 3.05) is 6.54 Å². The molecule has 22 heavy (non-hydrogen) atoms. The third-order valence-corrected chi connectivity index (χ3v) is 4.10. The number of aromatic nitrogens is 2. The minimum Gasteiger partial charge on any atom is -0.386 e. The number of aryl methyl sites for hydroxylation is 1. The van der Waals surface area contributed by atoms with E-state index in [-0.39, 0.29) is 23.9 Å². The van der Waals surface area contributed by atoms with Gasteiger partial charge in [-0.05, 0) is 25.3 Å². The Bertz CT molecular complexity index is 671. The summed E-state index contributed by atoms with van der Waals surface area (Å²) in [6, 6.07) is 6.02. The number of nitrogens with one attached hydrogen (secondary N) is 2. The van der Waals surface area contributed by atoms with Gasteiger partial charge in [0.05, 0.1) is 18.2 Å². The second-order valence-electron chi connectivity index (χ2n) is 5.53. The summed E-state index contributed by atoms with van der Waals surface area (Å²) in [5, 5.41) is 19.6. The van der Waals surface area contributed by atoms with E-state index >= 15 is 0 Å². The first-order valence-electron chi connectivity index (χ1n) is 7.39. The average molecular weight is 303 g/mol. The molecule has 0 unspecified atom stereocenters. The molecular weight excluding hydrogens is 285 g/mol. The number of amides is 1. The van der Waals surface area contributed by atoms with Gasteiger partial charge >= 0.3 is 0 Å². The summed E-state index contributed by atoms with van der Waals surface area (Å²) >= 11 is 0. The van der Waals surface area contributed by atoms with Crippen LogP contribution in [0.3, 0.4) is 0 Å². The van der Waals surface area contributed by atoms with Gasteiger partial charge in [-0.15, -0.1) is 0 Å². The van der Waals surface area contributed by atoms with Crippen molar-refractivity contribution in [2.24, 2.45) is 0 Å². The third-order valence-electron chi connectivity index (χ3n) is 4.10. The highest BCUT2D eigenvalue weighted by Crippen LogP contribution is 2.30. The largest absolute Gasteiger partial charge is 0.386 e. The Morgan fingerprint density at radius 2 is 2.32 bits per heavy atom. The molecule has 0 saturated heterocycles. The van der Waals surface area contributed by atoms with Crippen molar-refractivity contribution in [3.8, 4) is 0 Å². The van der Waals surface area contributed by atoms with E-state index in [9.17, 15) is 14.3 Å². The highest BCUT2D eigenvalue weighted by Gasteiger charge is 2.28. The van der Waals surface area contributed by atoms with Gasteiger partial charge in [0.15, 0.2) is 0 Å². The SMILES string of the molecule is O=C(NC[C@H](O)c1ccccc1F)[C@H]1CCCc2[nH]ncc21. The van der Waals surface area contributed by atoms with Crippen molar-refractivity contribution < 1.29 is 14.3 Å². The third kappa shape index (κ3) is 2.87. The van der Waals surface area contributed by atoms with E-state index in [0.717, 1.165) is 30.5 Å². The van der Waals surface area contributed by atoms with Gasteiger partial charge in [-0.25, -0.2) is 4.39 Å². The molecule has 1 aromatic heterocycles. The van der Waals surface area contributed by atoms with E-state index in [1.165, 1.54) is 12.1 Å². The van der Waals surface area contributed by atoms with Crippen molar-refractivity contribution in [1.29, 1.82) is 0 Å². The Hall–Kier alpha value is -2.21. The van der Waals surface area contributed by atoms with Crippen LogP contribution >= 0.6 is 0 Å². The number of aliphatic hydroxyl groups is 1. The Kier molecular flexibility index (Phi) is 4.20. The van der Waals surface area contributed by atoms with Crippen LogP contribution in [0.4, 0.5) is 4.39 Å². The lowest BCUT2D eigenvalue weighted by molar-refractivity contribution is -0.123. The first-order chi connectivity index (χ1) is 10.7. The van der Waals surface area contributed by atoms with Crippen molar-refractivity contribution in [2.45, 2.75) is 31.3 Å². The zero-order chi connectivity index (χ0) is 15.5. The van der Waals surface area contributed by atoms with Crippen LogP contribution < -0.4 is 5.32 Å². The Morgan fingerprint density at radius 3 is 3.14 bits per heavy atom. The van der Waals surface area contributed by atoms with Crippen LogP contribution in [0.1, 0.15) is 41.7 Å². The summed E-state index contributed by atoms with van der Waals surface area (Å²) in [7, 11) is 0. The molecule has 0 bridgehead atoms. The molecule has 0 saturated carbocycles. The quantitative estimate of drug-likeness (QED) is 0.806. The Balaban J connectivity index is 1.63. The molecule has 5 nitrogen and oxygen atoms in total. The van der Waals surface area contributed by atoms with Gasteiger partial charge in [0, 0.05) is 23.4 Å². The number of H-pyrrole nitrogens is 1. The van der Waals surface area contributed by atoms with Crippen LogP contribution in [-0.4, -0.2) is 27.8 Å². The fraction of sp³-hybridized carbons (Fsp3) is 0.375. The molecule has 2 atom stereocenters. The summed E-state index contributed by atoms with van der Waals surface area (Å²) in [5.74, 6) is -0.882. The molecule has 1 heterocycles. The average Bonchev–Trinajstić information content (AvgIpc) is 3.01. The van der Waals surface area contributed by atoms with E-state index in [0.29, 0.717) is 0 Å². The van der Waals surface area contributed by atoms with Gasteiger partial charge < -0.3 is 10.4 Å². The molecule has 0 fully saturated rings. The van der Waals surface area contributed by atoms with Crippen LogP contribution in [0.5, 0.6) is 0 Å². The van der Waals surface area contributed by atoms with E-state index in [1.807, 2.05) is 0 Å². The van der Waals surface area contributed by atoms with Crippen molar-refractivity contribution in [3.05, 3.63) is 53.1 Å². The highest BCUT2D eigenvalue weighted by molar-refractivity contribution is 5.84. The molecule has 1 aliphatic rings. The normalized spacial score (nSPS) is 18.5. The molecule has 0 radical (unpaired) electrons. The molecule has 1 aliphatic carbocycles. The standard InChI is InChI=1S/C16H18FN3O2/c17-13-6-2-1-4-11(13)15(21)9-18-16(22)10-5-3-7-14-12(10)8-19-20-14/h1-2,4,6,8,10,15,21H,3,5,7,9H2,(H,18,22)(H,19,20)/t10-,15-/m0/s1. The Morgan fingerprint density at radius 1 is 1.50 bits per heavy atom. The fourth-order valence-electron chi connectivity index (χ4n) is 2.91.